The van der Waals surface area contributed by atoms with E-state index in [1.807, 2.05) is 6.07 Å². The molecular formula is C19H26N4O6. The molecule has 0 aliphatic carbocycles. The lowest BCUT2D eigenvalue weighted by molar-refractivity contribution is -0.148. The summed E-state index contributed by atoms with van der Waals surface area (Å²) in [5.74, 6) is -2.87. The van der Waals surface area contributed by atoms with Crippen LogP contribution in [0.3, 0.4) is 0 Å². The van der Waals surface area contributed by atoms with Crippen LogP contribution in [0.2, 0.25) is 0 Å². The van der Waals surface area contributed by atoms with Gasteiger partial charge in [0.25, 0.3) is 0 Å². The summed E-state index contributed by atoms with van der Waals surface area (Å²) in [6.07, 6.45) is 1.12. The number of nitrogens with zero attached hydrogens (tertiary/aromatic N) is 1. The van der Waals surface area contributed by atoms with Crippen LogP contribution in [0.4, 0.5) is 0 Å². The normalized spacial score (nSPS) is 18.0. The number of aliphatic carboxylic acids is 1. The van der Waals surface area contributed by atoms with Crippen LogP contribution >= 0.6 is 0 Å². The van der Waals surface area contributed by atoms with Crippen LogP contribution in [0, 0.1) is 0 Å². The third-order valence-electron chi connectivity index (χ3n) is 4.72. The lowest BCUT2D eigenvalue weighted by atomic mass is 10.0. The maximum absolute atomic E-state index is 12.6. The molecule has 0 radical (unpaired) electrons. The summed E-state index contributed by atoms with van der Waals surface area (Å²) in [6, 6.07) is 5.88. The number of carboxylic acid groups (broad SMARTS) is 1. The van der Waals surface area contributed by atoms with Crippen molar-refractivity contribution in [1.29, 1.82) is 0 Å². The van der Waals surface area contributed by atoms with E-state index in [-0.39, 0.29) is 13.0 Å². The predicted molar refractivity (Wildman–Crippen MR) is 103 cm³/mol. The van der Waals surface area contributed by atoms with Crippen molar-refractivity contribution in [3.8, 4) is 0 Å². The Balaban J connectivity index is 2.01. The Morgan fingerprint density at radius 2 is 1.86 bits per heavy atom. The lowest BCUT2D eigenvalue weighted by Crippen LogP contribution is -2.54. The summed E-state index contributed by atoms with van der Waals surface area (Å²) in [4.78, 5) is 49.4. The van der Waals surface area contributed by atoms with Gasteiger partial charge in [0.1, 0.15) is 18.1 Å². The molecule has 6 N–H and O–H groups in total. The molecule has 158 valence electrons. The minimum Gasteiger partial charge on any atom is -0.480 e. The molecule has 0 aromatic heterocycles. The van der Waals surface area contributed by atoms with Gasteiger partial charge in [0.05, 0.1) is 13.2 Å². The van der Waals surface area contributed by atoms with Gasteiger partial charge in [-0.05, 0) is 18.4 Å². The highest BCUT2D eigenvalue weighted by atomic mass is 16.4. The van der Waals surface area contributed by atoms with E-state index < -0.39 is 48.4 Å². The zero-order valence-electron chi connectivity index (χ0n) is 15.9. The minimum absolute atomic E-state index is 0.159. The van der Waals surface area contributed by atoms with E-state index in [1.165, 1.54) is 4.90 Å². The van der Waals surface area contributed by atoms with Gasteiger partial charge >= 0.3 is 5.97 Å². The zero-order valence-corrected chi connectivity index (χ0v) is 15.9. The molecule has 1 saturated heterocycles. The van der Waals surface area contributed by atoms with Gasteiger partial charge in [-0.15, -0.1) is 0 Å². The van der Waals surface area contributed by atoms with E-state index in [9.17, 15) is 24.3 Å². The first-order valence-corrected chi connectivity index (χ1v) is 9.34. The molecule has 10 nitrogen and oxygen atoms in total. The number of rotatable bonds is 9. The molecule has 0 bridgehead atoms. The topological polar surface area (TPSA) is 162 Å². The first kappa shape index (κ1) is 22.3. The second kappa shape index (κ2) is 10.5. The Labute approximate surface area is 168 Å². The fourth-order valence-electron chi connectivity index (χ4n) is 3.13. The summed E-state index contributed by atoms with van der Waals surface area (Å²) in [6.45, 7) is -0.632. The predicted octanol–water partition coefficient (Wildman–Crippen LogP) is -1.77. The second-order valence-electron chi connectivity index (χ2n) is 6.84. The smallest absolute Gasteiger partial charge is 0.326 e. The van der Waals surface area contributed by atoms with Crippen molar-refractivity contribution in [3.05, 3.63) is 35.9 Å². The first-order valence-electron chi connectivity index (χ1n) is 9.34. The molecule has 1 aromatic rings. The van der Waals surface area contributed by atoms with Crippen LogP contribution in [-0.2, 0) is 25.6 Å². The molecule has 3 amide bonds. The number of aliphatic hydroxyl groups excluding tert-OH is 1. The fraction of sp³-hybridized carbons (Fsp3) is 0.474. The van der Waals surface area contributed by atoms with Gasteiger partial charge in [0.15, 0.2) is 0 Å². The summed E-state index contributed by atoms with van der Waals surface area (Å²) in [5.41, 5.74) is 6.28. The number of nitrogens with two attached hydrogens (primary N) is 1. The minimum atomic E-state index is -1.18. The highest BCUT2D eigenvalue weighted by Crippen LogP contribution is 2.17. The summed E-state index contributed by atoms with van der Waals surface area (Å²) in [7, 11) is 0. The molecule has 2 rings (SSSR count). The second-order valence-corrected chi connectivity index (χ2v) is 6.84. The number of amides is 3. The first-order chi connectivity index (χ1) is 13.8. The van der Waals surface area contributed by atoms with Crippen molar-refractivity contribution in [2.24, 2.45) is 5.73 Å². The van der Waals surface area contributed by atoms with E-state index in [1.54, 1.807) is 24.3 Å². The molecule has 1 heterocycles. The highest BCUT2D eigenvalue weighted by molar-refractivity contribution is 5.93. The number of carbonyl (C=O) groups excluding carboxylic acids is 3. The van der Waals surface area contributed by atoms with Crippen molar-refractivity contribution < 1.29 is 29.4 Å². The summed E-state index contributed by atoms with van der Waals surface area (Å²) < 4.78 is 0. The SMILES string of the molecule is NC(CO)C(=O)NC(Cc1ccccc1)C(=O)NCC(=O)N1CCCC1C(=O)O. The molecule has 10 heteroatoms. The molecule has 1 fully saturated rings. The van der Waals surface area contributed by atoms with Crippen LogP contribution in [0.25, 0.3) is 0 Å². The Morgan fingerprint density at radius 3 is 2.48 bits per heavy atom. The quantitative estimate of drug-likeness (QED) is 0.324. The fourth-order valence-corrected chi connectivity index (χ4v) is 3.13. The van der Waals surface area contributed by atoms with E-state index in [0.717, 1.165) is 5.56 Å². The Kier molecular flexibility index (Phi) is 8.10. The van der Waals surface area contributed by atoms with E-state index in [2.05, 4.69) is 10.6 Å². The van der Waals surface area contributed by atoms with Gasteiger partial charge in [-0.3, -0.25) is 14.4 Å². The standard InChI is InChI=1S/C19H26N4O6/c20-13(11-24)17(26)22-14(9-12-5-2-1-3-6-12)18(27)21-10-16(25)23-8-4-7-15(23)19(28)29/h1-3,5-6,13-15,24H,4,7-11,20H2,(H,21,27)(H,22,26)(H,28,29). The number of hydrogen-bond acceptors (Lipinski definition) is 6. The van der Waals surface area contributed by atoms with Crippen molar-refractivity contribution in [2.45, 2.75) is 37.4 Å². The number of benzene rings is 1. The van der Waals surface area contributed by atoms with Gasteiger partial charge < -0.3 is 31.5 Å². The van der Waals surface area contributed by atoms with Crippen LogP contribution in [0.1, 0.15) is 18.4 Å². The third-order valence-corrected chi connectivity index (χ3v) is 4.72. The maximum atomic E-state index is 12.6. The van der Waals surface area contributed by atoms with Crippen molar-refractivity contribution in [3.63, 3.8) is 0 Å². The molecular weight excluding hydrogens is 380 g/mol. The van der Waals surface area contributed by atoms with Gasteiger partial charge in [-0.25, -0.2) is 4.79 Å². The summed E-state index contributed by atoms with van der Waals surface area (Å²) in [5, 5.41) is 23.1. The Bertz CT molecular complexity index is 741. The van der Waals surface area contributed by atoms with E-state index in [0.29, 0.717) is 19.4 Å². The molecule has 1 aliphatic heterocycles. The number of carbonyl (C=O) groups is 4. The average Bonchev–Trinajstić information content (AvgIpc) is 3.21. The number of nitrogens with one attached hydrogen (secondary N) is 2. The zero-order chi connectivity index (χ0) is 21.4. The Hall–Kier alpha value is -2.98. The lowest BCUT2D eigenvalue weighted by Gasteiger charge is -2.23. The third kappa shape index (κ3) is 6.26. The van der Waals surface area contributed by atoms with Crippen LogP contribution in [-0.4, -0.2) is 76.6 Å². The monoisotopic (exact) mass is 406 g/mol. The van der Waals surface area contributed by atoms with Gasteiger partial charge in [-0.1, -0.05) is 30.3 Å². The van der Waals surface area contributed by atoms with E-state index in [4.69, 9.17) is 10.8 Å². The molecule has 0 saturated carbocycles. The maximum Gasteiger partial charge on any atom is 0.326 e. The van der Waals surface area contributed by atoms with Gasteiger partial charge in [0.2, 0.25) is 17.7 Å². The van der Waals surface area contributed by atoms with Crippen LogP contribution in [0.15, 0.2) is 30.3 Å². The number of likely N-dealkylation sites (tertiary alicyclic amines) is 1. The summed E-state index contributed by atoms with van der Waals surface area (Å²) >= 11 is 0. The largest absolute Gasteiger partial charge is 0.480 e. The molecule has 3 atom stereocenters. The number of hydrogen-bond donors (Lipinski definition) is 5. The molecule has 3 unspecified atom stereocenters. The number of aliphatic hydroxyl groups is 1. The Morgan fingerprint density at radius 1 is 1.17 bits per heavy atom. The molecule has 29 heavy (non-hydrogen) atoms. The van der Waals surface area contributed by atoms with E-state index >= 15 is 0 Å². The highest BCUT2D eigenvalue weighted by Gasteiger charge is 2.34. The van der Waals surface area contributed by atoms with Crippen LogP contribution in [0.5, 0.6) is 0 Å². The van der Waals surface area contributed by atoms with Crippen LogP contribution < -0.4 is 16.4 Å². The molecule has 1 aliphatic rings. The van der Waals surface area contributed by atoms with Crippen molar-refractivity contribution in [1.82, 2.24) is 15.5 Å². The van der Waals surface area contributed by atoms with Gasteiger partial charge in [0, 0.05) is 13.0 Å². The number of carboxylic acids is 1. The molecule has 0 spiro atoms. The van der Waals surface area contributed by atoms with Crippen molar-refractivity contribution >= 4 is 23.7 Å². The molecule has 1 aromatic carbocycles. The average molecular weight is 406 g/mol. The van der Waals surface area contributed by atoms with Gasteiger partial charge in [-0.2, -0.15) is 0 Å². The van der Waals surface area contributed by atoms with Crippen molar-refractivity contribution in [2.75, 3.05) is 19.7 Å².